The van der Waals surface area contributed by atoms with E-state index in [1.807, 2.05) is 13.0 Å². The fraction of sp³-hybridized carbons (Fsp3) is 0.545. The number of hydrogen-bond acceptors (Lipinski definition) is 2. The van der Waals surface area contributed by atoms with E-state index in [1.54, 1.807) is 0 Å². The zero-order valence-corrected chi connectivity index (χ0v) is 8.09. The first-order valence-corrected chi connectivity index (χ1v) is 4.87. The van der Waals surface area contributed by atoms with Crippen molar-refractivity contribution < 1.29 is 0 Å². The van der Waals surface area contributed by atoms with E-state index >= 15 is 0 Å². The van der Waals surface area contributed by atoms with Gasteiger partial charge in [0.05, 0.1) is 0 Å². The molecule has 0 spiro atoms. The Morgan fingerprint density at radius 3 is 2.77 bits per heavy atom. The molecular formula is C11H16N2. The minimum atomic E-state index is 0.404. The van der Waals surface area contributed by atoms with E-state index in [0.717, 1.165) is 18.7 Å². The second kappa shape index (κ2) is 3.11. The van der Waals surface area contributed by atoms with Gasteiger partial charge in [-0.1, -0.05) is 6.07 Å². The third-order valence-corrected chi connectivity index (χ3v) is 2.89. The van der Waals surface area contributed by atoms with Crippen LogP contribution in [-0.2, 0) is 6.42 Å². The SMILES string of the molecule is Cc1cccc(CC2(CN)CC2)n1. The van der Waals surface area contributed by atoms with Crippen molar-refractivity contribution in [3.05, 3.63) is 29.6 Å². The molecule has 1 fully saturated rings. The molecule has 0 aromatic carbocycles. The highest BCUT2D eigenvalue weighted by atomic mass is 14.7. The molecule has 0 bridgehead atoms. The molecule has 2 nitrogen and oxygen atoms in total. The van der Waals surface area contributed by atoms with Gasteiger partial charge in [-0.25, -0.2) is 0 Å². The highest BCUT2D eigenvalue weighted by molar-refractivity contribution is 5.14. The number of nitrogens with zero attached hydrogens (tertiary/aromatic N) is 1. The fourth-order valence-corrected chi connectivity index (χ4v) is 1.71. The summed E-state index contributed by atoms with van der Waals surface area (Å²) in [7, 11) is 0. The number of hydrogen-bond donors (Lipinski definition) is 1. The number of pyridine rings is 1. The Morgan fingerprint density at radius 2 is 2.23 bits per heavy atom. The van der Waals surface area contributed by atoms with Gasteiger partial charge in [-0.2, -0.15) is 0 Å². The van der Waals surface area contributed by atoms with Crippen LogP contribution in [0.3, 0.4) is 0 Å². The molecule has 1 aromatic heterocycles. The first-order valence-electron chi connectivity index (χ1n) is 4.87. The van der Waals surface area contributed by atoms with Gasteiger partial charge in [0.25, 0.3) is 0 Å². The maximum absolute atomic E-state index is 5.73. The van der Waals surface area contributed by atoms with Crippen molar-refractivity contribution in [3.63, 3.8) is 0 Å². The topological polar surface area (TPSA) is 38.9 Å². The summed E-state index contributed by atoms with van der Waals surface area (Å²) in [6, 6.07) is 6.21. The summed E-state index contributed by atoms with van der Waals surface area (Å²) in [5.41, 5.74) is 8.43. The van der Waals surface area contributed by atoms with Gasteiger partial charge in [0.2, 0.25) is 0 Å². The van der Waals surface area contributed by atoms with Crippen LogP contribution in [0.4, 0.5) is 0 Å². The molecule has 0 unspecified atom stereocenters. The molecule has 1 heterocycles. The van der Waals surface area contributed by atoms with E-state index in [4.69, 9.17) is 5.73 Å². The van der Waals surface area contributed by atoms with Crippen LogP contribution in [0.1, 0.15) is 24.2 Å². The smallest absolute Gasteiger partial charge is 0.0412 e. The summed E-state index contributed by atoms with van der Waals surface area (Å²) in [4.78, 5) is 4.49. The number of nitrogens with two attached hydrogens (primary N) is 1. The average molecular weight is 176 g/mol. The van der Waals surface area contributed by atoms with Gasteiger partial charge in [0.15, 0.2) is 0 Å². The summed E-state index contributed by atoms with van der Waals surface area (Å²) in [6.07, 6.45) is 3.61. The van der Waals surface area contributed by atoms with E-state index in [1.165, 1.54) is 18.5 Å². The van der Waals surface area contributed by atoms with E-state index in [-0.39, 0.29) is 0 Å². The summed E-state index contributed by atoms with van der Waals surface area (Å²) in [5.74, 6) is 0. The Hall–Kier alpha value is -0.890. The lowest BCUT2D eigenvalue weighted by molar-refractivity contribution is 0.513. The Kier molecular flexibility index (Phi) is 2.08. The second-order valence-electron chi connectivity index (χ2n) is 4.15. The summed E-state index contributed by atoms with van der Waals surface area (Å²) in [6.45, 7) is 2.84. The van der Waals surface area contributed by atoms with Gasteiger partial charge >= 0.3 is 0 Å². The van der Waals surface area contributed by atoms with Gasteiger partial charge < -0.3 is 5.73 Å². The molecule has 0 aliphatic heterocycles. The van der Waals surface area contributed by atoms with Crippen LogP contribution in [0.15, 0.2) is 18.2 Å². The van der Waals surface area contributed by atoms with Crippen LogP contribution < -0.4 is 5.73 Å². The molecule has 1 aliphatic rings. The highest BCUT2D eigenvalue weighted by Gasteiger charge is 2.41. The lowest BCUT2D eigenvalue weighted by atomic mass is 10.0. The van der Waals surface area contributed by atoms with Crippen LogP contribution in [0.5, 0.6) is 0 Å². The molecule has 13 heavy (non-hydrogen) atoms. The number of rotatable bonds is 3. The summed E-state index contributed by atoms with van der Waals surface area (Å²) in [5, 5.41) is 0. The molecular weight excluding hydrogens is 160 g/mol. The van der Waals surface area contributed by atoms with E-state index in [2.05, 4.69) is 17.1 Å². The maximum Gasteiger partial charge on any atom is 0.0412 e. The first kappa shape index (κ1) is 8.70. The molecule has 1 aromatic rings. The van der Waals surface area contributed by atoms with Crippen LogP contribution in [0.25, 0.3) is 0 Å². The summed E-state index contributed by atoms with van der Waals surface area (Å²) >= 11 is 0. The van der Waals surface area contributed by atoms with Crippen LogP contribution >= 0.6 is 0 Å². The molecule has 1 saturated carbocycles. The maximum atomic E-state index is 5.73. The molecule has 2 N–H and O–H groups in total. The minimum Gasteiger partial charge on any atom is -0.330 e. The highest BCUT2D eigenvalue weighted by Crippen LogP contribution is 2.46. The third-order valence-electron chi connectivity index (χ3n) is 2.89. The predicted molar refractivity (Wildman–Crippen MR) is 53.4 cm³/mol. The standard InChI is InChI=1S/C11H16N2/c1-9-3-2-4-10(13-9)7-11(8-12)5-6-11/h2-4H,5-8,12H2,1H3. The molecule has 2 heteroatoms. The van der Waals surface area contributed by atoms with E-state index < -0.39 is 0 Å². The Labute approximate surface area is 79.2 Å². The van der Waals surface area contributed by atoms with Gasteiger partial charge in [-0.3, -0.25) is 4.98 Å². The number of aryl methyl sites for hydroxylation is 1. The molecule has 0 radical (unpaired) electrons. The zero-order valence-electron chi connectivity index (χ0n) is 8.09. The van der Waals surface area contributed by atoms with Gasteiger partial charge in [-0.05, 0) is 50.3 Å². The van der Waals surface area contributed by atoms with Crippen molar-refractivity contribution in [1.29, 1.82) is 0 Å². The number of aromatic nitrogens is 1. The second-order valence-corrected chi connectivity index (χ2v) is 4.15. The predicted octanol–water partition coefficient (Wildman–Crippen LogP) is 1.67. The lowest BCUT2D eigenvalue weighted by Gasteiger charge is -2.11. The van der Waals surface area contributed by atoms with Crippen molar-refractivity contribution in [1.82, 2.24) is 4.98 Å². The lowest BCUT2D eigenvalue weighted by Crippen LogP contribution is -2.18. The molecule has 1 aliphatic carbocycles. The monoisotopic (exact) mass is 176 g/mol. The van der Waals surface area contributed by atoms with Crippen LogP contribution in [-0.4, -0.2) is 11.5 Å². The normalized spacial score (nSPS) is 18.6. The Bertz CT molecular complexity index is 303. The molecule has 0 saturated heterocycles. The largest absolute Gasteiger partial charge is 0.330 e. The quantitative estimate of drug-likeness (QED) is 0.761. The van der Waals surface area contributed by atoms with Gasteiger partial charge in [0.1, 0.15) is 0 Å². The Balaban J connectivity index is 2.09. The van der Waals surface area contributed by atoms with Crippen molar-refractivity contribution in [2.24, 2.45) is 11.1 Å². The van der Waals surface area contributed by atoms with Crippen LogP contribution in [0.2, 0.25) is 0 Å². The van der Waals surface area contributed by atoms with E-state index in [9.17, 15) is 0 Å². The van der Waals surface area contributed by atoms with Crippen molar-refractivity contribution in [2.75, 3.05) is 6.54 Å². The van der Waals surface area contributed by atoms with Gasteiger partial charge in [0, 0.05) is 11.4 Å². The average Bonchev–Trinajstić information content (AvgIpc) is 2.86. The van der Waals surface area contributed by atoms with E-state index in [0.29, 0.717) is 5.41 Å². The zero-order chi connectivity index (χ0) is 9.31. The Morgan fingerprint density at radius 1 is 1.46 bits per heavy atom. The van der Waals surface area contributed by atoms with Crippen molar-refractivity contribution in [3.8, 4) is 0 Å². The third kappa shape index (κ3) is 1.89. The van der Waals surface area contributed by atoms with Crippen LogP contribution in [0, 0.1) is 12.3 Å². The van der Waals surface area contributed by atoms with Gasteiger partial charge in [-0.15, -0.1) is 0 Å². The molecule has 2 rings (SSSR count). The summed E-state index contributed by atoms with van der Waals surface area (Å²) < 4.78 is 0. The first-order chi connectivity index (χ1) is 6.24. The molecule has 70 valence electrons. The fourth-order valence-electron chi connectivity index (χ4n) is 1.71. The van der Waals surface area contributed by atoms with Crippen molar-refractivity contribution in [2.45, 2.75) is 26.2 Å². The van der Waals surface area contributed by atoms with Crippen molar-refractivity contribution >= 4 is 0 Å². The molecule has 0 atom stereocenters. The minimum absolute atomic E-state index is 0.404. The molecule has 0 amide bonds.